The Hall–Kier alpha value is -3.41. The van der Waals surface area contributed by atoms with Crippen molar-refractivity contribution >= 4 is 33.7 Å². The van der Waals surface area contributed by atoms with E-state index in [0.29, 0.717) is 28.1 Å². The Morgan fingerprint density at radius 2 is 1.86 bits per heavy atom. The second-order valence-corrected chi connectivity index (χ2v) is 6.99. The summed E-state index contributed by atoms with van der Waals surface area (Å²) in [6, 6.07) is 7.08. The number of nitrogens with zero attached hydrogens (tertiary/aromatic N) is 1. The summed E-state index contributed by atoms with van der Waals surface area (Å²) in [7, 11) is 0. The minimum atomic E-state index is -0.514. The summed E-state index contributed by atoms with van der Waals surface area (Å²) in [5.74, 6) is 0.930. The quantitative estimate of drug-likeness (QED) is 0.537. The van der Waals surface area contributed by atoms with Gasteiger partial charge in [-0.15, -0.1) is 0 Å². The molecule has 4 rings (SSSR count). The van der Waals surface area contributed by atoms with Gasteiger partial charge in [0, 0.05) is 11.6 Å². The molecule has 1 aromatic carbocycles. The molecule has 3 heterocycles. The number of fused-ring (bicyclic) bond motifs is 3. The first-order valence-electron chi connectivity index (χ1n) is 9.03. The number of nitrogens with one attached hydrogen (secondary N) is 1. The van der Waals surface area contributed by atoms with E-state index >= 15 is 0 Å². The predicted molar refractivity (Wildman–Crippen MR) is 108 cm³/mol. The van der Waals surface area contributed by atoms with Crippen molar-refractivity contribution in [3.8, 4) is 0 Å². The Morgan fingerprint density at radius 1 is 1.07 bits per heavy atom. The number of amides is 1. The smallest absolute Gasteiger partial charge is 0.340 e. The van der Waals surface area contributed by atoms with Gasteiger partial charge in [0.15, 0.2) is 0 Å². The first-order valence-corrected chi connectivity index (χ1v) is 9.03. The lowest BCUT2D eigenvalue weighted by Gasteiger charge is -2.10. The molecule has 0 bridgehead atoms. The SMILES string of the molecule is Cc1oc2c(c(C)cc3oc(=O)c(CC(=O)Nc4ccccn4)c(C)c32)c1C. The zero-order chi connectivity index (χ0) is 20.0. The van der Waals surface area contributed by atoms with Crippen LogP contribution >= 0.6 is 0 Å². The van der Waals surface area contributed by atoms with E-state index in [-0.39, 0.29) is 12.3 Å². The van der Waals surface area contributed by atoms with E-state index in [2.05, 4.69) is 10.3 Å². The van der Waals surface area contributed by atoms with Crippen molar-refractivity contribution in [2.45, 2.75) is 34.1 Å². The Kier molecular flexibility index (Phi) is 4.26. The molecule has 0 saturated carbocycles. The van der Waals surface area contributed by atoms with Crippen molar-refractivity contribution in [1.29, 1.82) is 0 Å². The fourth-order valence-electron chi connectivity index (χ4n) is 3.62. The molecule has 0 spiro atoms. The van der Waals surface area contributed by atoms with Crippen LogP contribution in [0.1, 0.15) is 28.0 Å². The maximum absolute atomic E-state index is 12.6. The highest BCUT2D eigenvalue weighted by atomic mass is 16.4. The van der Waals surface area contributed by atoms with Crippen LogP contribution in [-0.4, -0.2) is 10.9 Å². The number of rotatable bonds is 3. The van der Waals surface area contributed by atoms with E-state index in [9.17, 15) is 9.59 Å². The molecule has 28 heavy (non-hydrogen) atoms. The van der Waals surface area contributed by atoms with Crippen LogP contribution in [0.15, 0.2) is 44.1 Å². The van der Waals surface area contributed by atoms with Crippen LogP contribution < -0.4 is 10.9 Å². The van der Waals surface area contributed by atoms with Crippen LogP contribution in [0.4, 0.5) is 5.82 Å². The van der Waals surface area contributed by atoms with Gasteiger partial charge >= 0.3 is 5.63 Å². The molecule has 0 aliphatic heterocycles. The van der Waals surface area contributed by atoms with Gasteiger partial charge in [-0.2, -0.15) is 0 Å². The highest BCUT2D eigenvalue weighted by molar-refractivity contribution is 6.07. The third-order valence-electron chi connectivity index (χ3n) is 5.15. The molecule has 0 atom stereocenters. The number of hydrogen-bond donors (Lipinski definition) is 1. The number of benzene rings is 1. The fourth-order valence-corrected chi connectivity index (χ4v) is 3.62. The fraction of sp³-hybridized carbons (Fsp3) is 0.227. The lowest BCUT2D eigenvalue weighted by Crippen LogP contribution is -2.21. The van der Waals surface area contributed by atoms with Crippen molar-refractivity contribution in [2.24, 2.45) is 0 Å². The number of pyridine rings is 1. The van der Waals surface area contributed by atoms with E-state index in [4.69, 9.17) is 8.83 Å². The molecule has 1 amide bonds. The number of carbonyl (C=O) groups excluding carboxylic acids is 1. The zero-order valence-corrected chi connectivity index (χ0v) is 16.2. The molecule has 4 aromatic rings. The van der Waals surface area contributed by atoms with Gasteiger partial charge in [0.2, 0.25) is 5.91 Å². The number of aromatic nitrogens is 1. The molecule has 6 heteroatoms. The van der Waals surface area contributed by atoms with E-state index in [0.717, 1.165) is 27.7 Å². The zero-order valence-electron chi connectivity index (χ0n) is 16.2. The summed E-state index contributed by atoms with van der Waals surface area (Å²) in [4.78, 5) is 29.1. The summed E-state index contributed by atoms with van der Waals surface area (Å²) in [6.45, 7) is 7.71. The van der Waals surface area contributed by atoms with Crippen LogP contribution in [0.25, 0.3) is 21.9 Å². The van der Waals surface area contributed by atoms with Gasteiger partial charge in [-0.3, -0.25) is 4.79 Å². The molecule has 142 valence electrons. The summed E-state index contributed by atoms with van der Waals surface area (Å²) in [5.41, 5.74) is 3.71. The molecule has 6 nitrogen and oxygen atoms in total. The van der Waals surface area contributed by atoms with Crippen LogP contribution in [-0.2, 0) is 11.2 Å². The molecule has 3 aromatic heterocycles. The van der Waals surface area contributed by atoms with Crippen molar-refractivity contribution in [3.05, 3.63) is 68.9 Å². The van der Waals surface area contributed by atoms with Crippen molar-refractivity contribution in [3.63, 3.8) is 0 Å². The van der Waals surface area contributed by atoms with Crippen molar-refractivity contribution in [1.82, 2.24) is 4.98 Å². The number of aryl methyl sites for hydroxylation is 4. The van der Waals surface area contributed by atoms with Gasteiger partial charge in [0.1, 0.15) is 22.7 Å². The molecular weight excluding hydrogens is 356 g/mol. The van der Waals surface area contributed by atoms with Crippen LogP contribution in [0, 0.1) is 27.7 Å². The summed E-state index contributed by atoms with van der Waals surface area (Å²) >= 11 is 0. The van der Waals surface area contributed by atoms with E-state index in [1.165, 1.54) is 0 Å². The number of anilines is 1. The van der Waals surface area contributed by atoms with Gasteiger partial charge in [-0.05, 0) is 62.6 Å². The van der Waals surface area contributed by atoms with Crippen LogP contribution in [0.2, 0.25) is 0 Å². The van der Waals surface area contributed by atoms with Crippen LogP contribution in [0.3, 0.4) is 0 Å². The Labute approximate surface area is 161 Å². The number of hydrogen-bond acceptors (Lipinski definition) is 5. The van der Waals surface area contributed by atoms with Crippen molar-refractivity contribution < 1.29 is 13.6 Å². The first kappa shape index (κ1) is 18.0. The molecule has 1 N–H and O–H groups in total. The normalized spacial score (nSPS) is 11.3. The van der Waals surface area contributed by atoms with Gasteiger partial charge in [-0.1, -0.05) is 6.07 Å². The van der Waals surface area contributed by atoms with Crippen LogP contribution in [0.5, 0.6) is 0 Å². The minimum Gasteiger partial charge on any atom is -0.460 e. The molecule has 0 aliphatic carbocycles. The topological polar surface area (TPSA) is 85.3 Å². The second-order valence-electron chi connectivity index (χ2n) is 6.99. The molecular formula is C22H20N2O4. The minimum absolute atomic E-state index is 0.102. The van der Waals surface area contributed by atoms with E-state index < -0.39 is 5.63 Å². The van der Waals surface area contributed by atoms with E-state index in [1.54, 1.807) is 24.4 Å². The molecule has 0 unspecified atom stereocenters. The van der Waals surface area contributed by atoms with Gasteiger partial charge in [-0.25, -0.2) is 9.78 Å². The summed E-state index contributed by atoms with van der Waals surface area (Å²) in [6.07, 6.45) is 1.49. The maximum Gasteiger partial charge on any atom is 0.340 e. The highest BCUT2D eigenvalue weighted by Crippen LogP contribution is 2.36. The van der Waals surface area contributed by atoms with Crippen molar-refractivity contribution in [2.75, 3.05) is 5.32 Å². The van der Waals surface area contributed by atoms with Gasteiger partial charge in [0.25, 0.3) is 0 Å². The third-order valence-corrected chi connectivity index (χ3v) is 5.15. The second kappa shape index (κ2) is 6.64. The largest absolute Gasteiger partial charge is 0.460 e. The highest BCUT2D eigenvalue weighted by Gasteiger charge is 2.21. The molecule has 0 saturated heterocycles. The number of furan rings is 1. The average Bonchev–Trinajstić information content (AvgIpc) is 2.94. The average molecular weight is 376 g/mol. The third kappa shape index (κ3) is 2.87. The standard InChI is InChI=1S/C22H20N2O4/c1-11-9-16-20(21-19(11)12(2)14(4)27-21)13(3)15(22(26)28-16)10-18(25)24-17-7-5-6-8-23-17/h5-9H,10H2,1-4H3,(H,23,24,25). The predicted octanol–water partition coefficient (Wildman–Crippen LogP) is 4.35. The van der Waals surface area contributed by atoms with Gasteiger partial charge < -0.3 is 14.2 Å². The lowest BCUT2D eigenvalue weighted by molar-refractivity contribution is -0.115. The number of carbonyl (C=O) groups is 1. The molecule has 0 aliphatic rings. The summed E-state index contributed by atoms with van der Waals surface area (Å²) < 4.78 is 11.5. The molecule has 0 fully saturated rings. The molecule has 0 radical (unpaired) electrons. The lowest BCUT2D eigenvalue weighted by atomic mass is 9.98. The first-order chi connectivity index (χ1) is 13.4. The van der Waals surface area contributed by atoms with Gasteiger partial charge in [0.05, 0.1) is 17.4 Å². The Balaban J connectivity index is 1.84. The van der Waals surface area contributed by atoms with E-state index in [1.807, 2.05) is 33.8 Å². The maximum atomic E-state index is 12.6. The monoisotopic (exact) mass is 376 g/mol. The Morgan fingerprint density at radius 3 is 2.57 bits per heavy atom. The summed E-state index contributed by atoms with van der Waals surface area (Å²) in [5, 5.41) is 4.45. The Bertz CT molecular complexity index is 1280.